The first-order valence-corrected chi connectivity index (χ1v) is 13.1. The molecule has 2 aliphatic heterocycles. The number of rotatable bonds is 4. The third-order valence-electron chi connectivity index (χ3n) is 8.33. The van der Waals surface area contributed by atoms with Crippen molar-refractivity contribution >= 4 is 16.9 Å². The number of nitrogens with one attached hydrogen (secondary N) is 1. The van der Waals surface area contributed by atoms with Crippen LogP contribution in [-0.2, 0) is 0 Å². The highest BCUT2D eigenvalue weighted by Gasteiger charge is 2.39. The Bertz CT molecular complexity index is 1400. The van der Waals surface area contributed by atoms with E-state index in [1.807, 2.05) is 41.6 Å². The maximum Gasteiger partial charge on any atom is 0.254 e. The minimum Gasteiger partial charge on any atom is -0.346 e. The molecule has 1 amide bonds. The predicted molar refractivity (Wildman–Crippen MR) is 151 cm³/mol. The van der Waals surface area contributed by atoms with E-state index in [1.165, 1.54) is 37.1 Å². The fourth-order valence-corrected chi connectivity index (χ4v) is 5.69. The number of amides is 1. The first kappa shape index (κ1) is 25.2. The van der Waals surface area contributed by atoms with Gasteiger partial charge in [-0.15, -0.1) is 0 Å². The third-order valence-corrected chi connectivity index (χ3v) is 8.33. The molecule has 6 rings (SSSR count). The molecule has 2 aromatic heterocycles. The lowest BCUT2D eigenvalue weighted by atomic mass is 9.88. The van der Waals surface area contributed by atoms with Crippen molar-refractivity contribution < 1.29 is 4.79 Å². The Labute approximate surface area is 219 Å². The van der Waals surface area contributed by atoms with E-state index in [0.29, 0.717) is 5.92 Å². The van der Waals surface area contributed by atoms with Crippen molar-refractivity contribution in [2.75, 3.05) is 26.7 Å². The topological polar surface area (TPSA) is 87.2 Å². The van der Waals surface area contributed by atoms with Gasteiger partial charge < -0.3 is 20.9 Å². The average Bonchev–Trinajstić information content (AvgIpc) is 3.32. The Hall–Kier alpha value is -3.48. The highest BCUT2D eigenvalue weighted by molar-refractivity contribution is 5.98. The number of aromatic nitrogens is 2. The molecule has 2 aromatic carbocycles. The molecule has 4 N–H and O–H groups in total. The smallest absolute Gasteiger partial charge is 0.254 e. The van der Waals surface area contributed by atoms with Crippen molar-refractivity contribution in [3.63, 3.8) is 0 Å². The number of nitrogens with zero attached hydrogens (tertiary/aromatic N) is 3. The largest absolute Gasteiger partial charge is 0.346 e. The number of fused-ring (bicyclic) bond motifs is 1. The van der Waals surface area contributed by atoms with Crippen LogP contribution in [-0.4, -0.2) is 57.9 Å². The van der Waals surface area contributed by atoms with Crippen LogP contribution < -0.4 is 6.15 Å². The van der Waals surface area contributed by atoms with Gasteiger partial charge in [-0.2, -0.15) is 0 Å². The summed E-state index contributed by atoms with van der Waals surface area (Å²) in [4.78, 5) is 25.3. The number of hydrogen-bond donors (Lipinski definition) is 2. The molecule has 0 aliphatic carbocycles. The minimum absolute atomic E-state index is 0. The molecular formula is C31H37N5O. The Balaban J connectivity index is 0.00000280. The van der Waals surface area contributed by atoms with Crippen molar-refractivity contribution in [3.8, 4) is 22.3 Å². The first-order chi connectivity index (χ1) is 17.4. The van der Waals surface area contributed by atoms with Crippen LogP contribution in [0.15, 0.2) is 67.0 Å². The van der Waals surface area contributed by atoms with E-state index in [1.54, 1.807) is 0 Å². The highest BCUT2D eigenvalue weighted by atomic mass is 16.2. The highest BCUT2D eigenvalue weighted by Crippen LogP contribution is 2.34. The number of likely N-dealkylation sites (tertiary alicyclic amines) is 2. The molecule has 4 aromatic rings. The Morgan fingerprint density at radius 2 is 1.62 bits per heavy atom. The number of piperidine rings is 1. The summed E-state index contributed by atoms with van der Waals surface area (Å²) in [6.07, 6.45) is 7.48. The summed E-state index contributed by atoms with van der Waals surface area (Å²) in [7, 11) is 2.21. The number of pyridine rings is 1. The van der Waals surface area contributed by atoms with Crippen LogP contribution in [0.2, 0.25) is 0 Å². The minimum atomic E-state index is -0.0417. The molecule has 0 atom stereocenters. The van der Waals surface area contributed by atoms with Gasteiger partial charge >= 0.3 is 0 Å². The summed E-state index contributed by atoms with van der Waals surface area (Å²) < 4.78 is 0. The van der Waals surface area contributed by atoms with Crippen LogP contribution in [0.4, 0.5) is 0 Å². The number of H-pyrrole nitrogens is 1. The molecular weight excluding hydrogens is 458 g/mol. The van der Waals surface area contributed by atoms with Gasteiger partial charge in [-0.05, 0) is 94.1 Å². The summed E-state index contributed by atoms with van der Waals surface area (Å²) in [6, 6.07) is 19.3. The van der Waals surface area contributed by atoms with Crippen molar-refractivity contribution in [3.05, 3.63) is 78.1 Å². The summed E-state index contributed by atoms with van der Waals surface area (Å²) in [5.74, 6) is 0.776. The molecule has 6 heteroatoms. The number of benzene rings is 2. The van der Waals surface area contributed by atoms with Gasteiger partial charge in [0.1, 0.15) is 5.65 Å². The van der Waals surface area contributed by atoms with Gasteiger partial charge in [0.2, 0.25) is 0 Å². The van der Waals surface area contributed by atoms with Gasteiger partial charge in [0.15, 0.2) is 0 Å². The second-order valence-electron chi connectivity index (χ2n) is 11.1. The van der Waals surface area contributed by atoms with Gasteiger partial charge in [0, 0.05) is 46.6 Å². The summed E-state index contributed by atoms with van der Waals surface area (Å²) in [5, 5.41) is 1.09. The van der Waals surface area contributed by atoms with E-state index in [2.05, 4.69) is 61.1 Å². The van der Waals surface area contributed by atoms with Gasteiger partial charge in [-0.1, -0.05) is 36.4 Å². The van der Waals surface area contributed by atoms with E-state index in [-0.39, 0.29) is 17.6 Å². The molecule has 0 bridgehead atoms. The average molecular weight is 496 g/mol. The van der Waals surface area contributed by atoms with Gasteiger partial charge in [-0.3, -0.25) is 4.79 Å². The van der Waals surface area contributed by atoms with Crippen LogP contribution in [0.25, 0.3) is 33.3 Å². The van der Waals surface area contributed by atoms with Crippen LogP contribution in [0, 0.1) is 0 Å². The van der Waals surface area contributed by atoms with Crippen LogP contribution in [0.3, 0.4) is 0 Å². The second-order valence-corrected chi connectivity index (χ2v) is 11.1. The van der Waals surface area contributed by atoms with E-state index < -0.39 is 0 Å². The fraction of sp³-hybridized carbons (Fsp3) is 0.355. The molecule has 192 valence electrons. The van der Waals surface area contributed by atoms with Crippen molar-refractivity contribution in [1.82, 2.24) is 25.9 Å². The lowest BCUT2D eigenvalue weighted by molar-refractivity contribution is 0.0157. The zero-order chi connectivity index (χ0) is 24.9. The second kappa shape index (κ2) is 9.77. The van der Waals surface area contributed by atoms with E-state index >= 15 is 0 Å². The molecule has 0 saturated carbocycles. The van der Waals surface area contributed by atoms with Gasteiger partial charge in [-0.25, -0.2) is 4.98 Å². The standard InChI is InChI=1S/C31H34N4O.H3N/c1-31(2)14-17-35(31)30(36)25-10-8-24(9-11-25)28-20-33-29-27(28)18-26(19-32-29)22-6-4-21(5-7-22)23-12-15-34(3)16-13-23;/h4-11,18-20,23H,12-17H2,1-3H3,(H,32,33);1H3. The quantitative estimate of drug-likeness (QED) is 0.339. The molecule has 0 radical (unpaired) electrons. The number of carbonyl (C=O) groups is 1. The normalized spacial score (nSPS) is 17.9. The van der Waals surface area contributed by atoms with E-state index in [0.717, 1.165) is 46.3 Å². The molecule has 2 aliphatic rings. The molecule has 0 unspecified atom stereocenters. The lowest BCUT2D eigenvalue weighted by Gasteiger charge is -2.48. The van der Waals surface area contributed by atoms with Crippen molar-refractivity contribution in [2.45, 2.75) is 44.6 Å². The first-order valence-electron chi connectivity index (χ1n) is 13.1. The molecule has 0 spiro atoms. The van der Waals surface area contributed by atoms with Crippen LogP contribution in [0.1, 0.15) is 54.9 Å². The lowest BCUT2D eigenvalue weighted by Crippen LogP contribution is -2.58. The maximum atomic E-state index is 12.9. The van der Waals surface area contributed by atoms with E-state index in [9.17, 15) is 4.79 Å². The Morgan fingerprint density at radius 1 is 0.946 bits per heavy atom. The summed E-state index contributed by atoms with van der Waals surface area (Å²) >= 11 is 0. The molecule has 2 fully saturated rings. The molecule has 37 heavy (non-hydrogen) atoms. The maximum absolute atomic E-state index is 12.9. The Morgan fingerprint density at radius 3 is 2.24 bits per heavy atom. The van der Waals surface area contributed by atoms with Gasteiger partial charge in [0.25, 0.3) is 5.91 Å². The number of hydrogen-bond acceptors (Lipinski definition) is 4. The van der Waals surface area contributed by atoms with Crippen molar-refractivity contribution in [1.29, 1.82) is 0 Å². The van der Waals surface area contributed by atoms with E-state index in [4.69, 9.17) is 4.98 Å². The Kier molecular flexibility index (Phi) is 6.65. The predicted octanol–water partition coefficient (Wildman–Crippen LogP) is 6.49. The molecule has 6 nitrogen and oxygen atoms in total. The fourth-order valence-electron chi connectivity index (χ4n) is 5.69. The SMILES string of the molecule is CN1CCC(c2ccc(-c3cnc4[nH]cc(-c5ccc(C(=O)N6CCC6(C)C)cc5)c4c3)cc2)CC1.N. The third kappa shape index (κ3) is 4.67. The van der Waals surface area contributed by atoms with Crippen molar-refractivity contribution in [2.24, 2.45) is 0 Å². The zero-order valence-corrected chi connectivity index (χ0v) is 22.1. The van der Waals surface area contributed by atoms with Gasteiger partial charge in [0.05, 0.1) is 0 Å². The monoisotopic (exact) mass is 495 g/mol. The molecule has 4 heterocycles. The molecule has 2 saturated heterocycles. The summed E-state index contributed by atoms with van der Waals surface area (Å²) in [6.45, 7) is 7.44. The van der Waals surface area contributed by atoms with Crippen LogP contribution in [0.5, 0.6) is 0 Å². The zero-order valence-electron chi connectivity index (χ0n) is 22.1. The van der Waals surface area contributed by atoms with Crippen LogP contribution >= 0.6 is 0 Å². The number of aromatic amines is 1. The summed E-state index contributed by atoms with van der Waals surface area (Å²) in [5.41, 5.74) is 7.51. The number of carbonyl (C=O) groups excluding carboxylic acids is 1.